The second-order valence-corrected chi connectivity index (χ2v) is 2.43. The van der Waals surface area contributed by atoms with Crippen LogP contribution >= 0.6 is 0 Å². The van der Waals surface area contributed by atoms with Gasteiger partial charge in [0, 0.05) is 12.3 Å². The van der Waals surface area contributed by atoms with Gasteiger partial charge in [0.25, 0.3) is 5.91 Å². The minimum Gasteiger partial charge on any atom is -0.497 e. The molecule has 0 aliphatic heterocycles. The second kappa shape index (κ2) is 3.86. The van der Waals surface area contributed by atoms with Crippen LogP contribution in [0.5, 0.6) is 5.75 Å². The maximum atomic E-state index is 10.6. The number of nitrogens with two attached hydrogens (primary N) is 1. The largest absolute Gasteiger partial charge is 0.497 e. The van der Waals surface area contributed by atoms with Crippen LogP contribution in [0.3, 0.4) is 0 Å². The van der Waals surface area contributed by atoms with Crippen LogP contribution in [-0.4, -0.2) is 23.1 Å². The lowest BCUT2D eigenvalue weighted by Gasteiger charge is -2.06. The minimum atomic E-state index is -1.38. The van der Waals surface area contributed by atoms with E-state index in [1.54, 1.807) is 6.07 Å². The molecular weight excluding hydrogens is 172 g/mol. The van der Waals surface area contributed by atoms with Gasteiger partial charge in [-0.2, -0.15) is 0 Å². The number of hydrogen-bond acceptors (Lipinski definition) is 4. The molecule has 0 spiro atoms. The number of aliphatic hydroxyl groups is 1. The molecule has 1 heterocycles. The summed E-state index contributed by atoms with van der Waals surface area (Å²) >= 11 is 0. The summed E-state index contributed by atoms with van der Waals surface area (Å²) in [7, 11) is 1.48. The van der Waals surface area contributed by atoms with Crippen molar-refractivity contribution >= 4 is 5.91 Å². The van der Waals surface area contributed by atoms with Crippen molar-refractivity contribution in [2.45, 2.75) is 6.10 Å². The van der Waals surface area contributed by atoms with Gasteiger partial charge < -0.3 is 15.6 Å². The molecule has 1 amide bonds. The zero-order valence-corrected chi connectivity index (χ0v) is 7.10. The van der Waals surface area contributed by atoms with E-state index in [4.69, 9.17) is 10.5 Å². The first-order valence-electron chi connectivity index (χ1n) is 3.62. The van der Waals surface area contributed by atoms with Gasteiger partial charge in [-0.25, -0.2) is 0 Å². The molecule has 0 bridgehead atoms. The van der Waals surface area contributed by atoms with E-state index in [2.05, 4.69) is 4.98 Å². The van der Waals surface area contributed by atoms with Crippen LogP contribution in [0.25, 0.3) is 0 Å². The van der Waals surface area contributed by atoms with E-state index in [0.717, 1.165) is 0 Å². The molecule has 0 radical (unpaired) electrons. The lowest BCUT2D eigenvalue weighted by molar-refractivity contribution is -0.126. The Morgan fingerprint density at radius 2 is 2.46 bits per heavy atom. The molecule has 1 aromatic heterocycles. The molecule has 0 fully saturated rings. The van der Waals surface area contributed by atoms with E-state index in [9.17, 15) is 9.90 Å². The second-order valence-electron chi connectivity index (χ2n) is 2.43. The van der Waals surface area contributed by atoms with Crippen molar-refractivity contribution in [1.29, 1.82) is 0 Å². The summed E-state index contributed by atoms with van der Waals surface area (Å²) in [6.45, 7) is 0. The number of pyridine rings is 1. The van der Waals surface area contributed by atoms with Gasteiger partial charge in [0.05, 0.1) is 12.8 Å². The summed E-state index contributed by atoms with van der Waals surface area (Å²) in [4.78, 5) is 14.4. The fraction of sp³-hybridized carbons (Fsp3) is 0.250. The molecule has 0 aromatic carbocycles. The SMILES string of the molecule is COc1ccnc(C(O)C(N)=O)c1. The van der Waals surface area contributed by atoms with Crippen molar-refractivity contribution in [3.63, 3.8) is 0 Å². The third kappa shape index (κ3) is 2.16. The van der Waals surface area contributed by atoms with Crippen LogP contribution < -0.4 is 10.5 Å². The van der Waals surface area contributed by atoms with E-state index in [1.807, 2.05) is 0 Å². The summed E-state index contributed by atoms with van der Waals surface area (Å²) in [6, 6.07) is 3.06. The predicted molar refractivity (Wildman–Crippen MR) is 44.9 cm³/mol. The summed E-state index contributed by atoms with van der Waals surface area (Å²) in [5.74, 6) is -0.314. The third-order valence-electron chi connectivity index (χ3n) is 1.54. The number of carbonyl (C=O) groups excluding carboxylic acids is 1. The van der Waals surface area contributed by atoms with Crippen LogP contribution in [0.4, 0.5) is 0 Å². The zero-order chi connectivity index (χ0) is 9.84. The molecule has 1 aromatic rings. The molecule has 3 N–H and O–H groups in total. The number of ether oxygens (including phenoxy) is 1. The highest BCUT2D eigenvalue weighted by atomic mass is 16.5. The Morgan fingerprint density at radius 3 is 3.00 bits per heavy atom. The maximum absolute atomic E-state index is 10.6. The summed E-state index contributed by atoms with van der Waals surface area (Å²) in [5.41, 5.74) is 5.08. The van der Waals surface area contributed by atoms with Crippen LogP contribution in [0.1, 0.15) is 11.8 Å². The molecule has 1 atom stereocenters. The smallest absolute Gasteiger partial charge is 0.252 e. The van der Waals surface area contributed by atoms with Gasteiger partial charge in [-0.05, 0) is 6.07 Å². The topological polar surface area (TPSA) is 85.4 Å². The number of aliphatic hydroxyl groups excluding tert-OH is 1. The number of carbonyl (C=O) groups is 1. The van der Waals surface area contributed by atoms with Crippen molar-refractivity contribution in [3.05, 3.63) is 24.0 Å². The Bertz CT molecular complexity index is 314. The van der Waals surface area contributed by atoms with E-state index in [-0.39, 0.29) is 5.69 Å². The highest BCUT2D eigenvalue weighted by molar-refractivity contribution is 5.79. The number of aromatic nitrogens is 1. The average Bonchev–Trinajstić information content (AvgIpc) is 2.16. The van der Waals surface area contributed by atoms with Gasteiger partial charge in [-0.15, -0.1) is 0 Å². The molecule has 5 heteroatoms. The zero-order valence-electron chi connectivity index (χ0n) is 7.10. The Balaban J connectivity index is 2.94. The van der Waals surface area contributed by atoms with Crippen molar-refractivity contribution in [3.8, 4) is 5.75 Å². The van der Waals surface area contributed by atoms with Crippen molar-refractivity contribution in [1.82, 2.24) is 4.98 Å². The molecule has 0 saturated heterocycles. The number of rotatable bonds is 3. The predicted octanol–water partition coefficient (Wildman–Crippen LogP) is -0.391. The fourth-order valence-electron chi connectivity index (χ4n) is 0.850. The van der Waals surface area contributed by atoms with E-state index in [1.165, 1.54) is 19.4 Å². The van der Waals surface area contributed by atoms with E-state index < -0.39 is 12.0 Å². The van der Waals surface area contributed by atoms with Crippen molar-refractivity contribution in [2.24, 2.45) is 5.73 Å². The monoisotopic (exact) mass is 182 g/mol. The summed E-state index contributed by atoms with van der Waals surface area (Å²) in [6.07, 6.45) is 0.0513. The maximum Gasteiger partial charge on any atom is 0.252 e. The van der Waals surface area contributed by atoms with Gasteiger partial charge in [0.2, 0.25) is 0 Å². The van der Waals surface area contributed by atoms with Crippen LogP contribution in [0.15, 0.2) is 18.3 Å². The highest BCUT2D eigenvalue weighted by Gasteiger charge is 2.15. The van der Waals surface area contributed by atoms with Crippen LogP contribution in [-0.2, 0) is 4.79 Å². The number of hydrogen-bond donors (Lipinski definition) is 2. The fourth-order valence-corrected chi connectivity index (χ4v) is 0.850. The van der Waals surface area contributed by atoms with Crippen LogP contribution in [0.2, 0.25) is 0 Å². The van der Waals surface area contributed by atoms with Gasteiger partial charge in [0.15, 0.2) is 6.10 Å². The number of primary amides is 1. The minimum absolute atomic E-state index is 0.187. The first-order chi connectivity index (χ1) is 6.15. The number of methoxy groups -OCH3 is 1. The molecule has 5 nitrogen and oxygen atoms in total. The molecule has 0 saturated carbocycles. The molecule has 0 aliphatic rings. The molecule has 1 rings (SSSR count). The molecule has 13 heavy (non-hydrogen) atoms. The highest BCUT2D eigenvalue weighted by Crippen LogP contribution is 2.15. The first-order valence-corrected chi connectivity index (χ1v) is 3.62. The molecule has 70 valence electrons. The standard InChI is InChI=1S/C8H10N2O3/c1-13-5-2-3-10-6(4-5)7(11)8(9)12/h2-4,7,11H,1H3,(H2,9,12). The van der Waals surface area contributed by atoms with Gasteiger partial charge >= 0.3 is 0 Å². The summed E-state index contributed by atoms with van der Waals surface area (Å²) < 4.78 is 4.88. The van der Waals surface area contributed by atoms with Gasteiger partial charge in [-0.1, -0.05) is 0 Å². The van der Waals surface area contributed by atoms with Crippen molar-refractivity contribution < 1.29 is 14.6 Å². The first kappa shape index (κ1) is 9.47. The lowest BCUT2D eigenvalue weighted by atomic mass is 10.2. The number of amides is 1. The quantitative estimate of drug-likeness (QED) is 0.666. The Labute approximate surface area is 75.2 Å². The molecule has 0 aliphatic carbocycles. The Morgan fingerprint density at radius 1 is 1.77 bits per heavy atom. The Kier molecular flexibility index (Phi) is 2.81. The number of nitrogens with zero attached hydrogens (tertiary/aromatic N) is 1. The average molecular weight is 182 g/mol. The van der Waals surface area contributed by atoms with Gasteiger partial charge in [0.1, 0.15) is 5.75 Å². The molecular formula is C8H10N2O3. The van der Waals surface area contributed by atoms with Gasteiger partial charge in [-0.3, -0.25) is 9.78 Å². The molecule has 1 unspecified atom stereocenters. The third-order valence-corrected chi connectivity index (χ3v) is 1.54. The Hall–Kier alpha value is -1.62. The summed E-state index contributed by atoms with van der Waals surface area (Å²) in [5, 5.41) is 9.23. The lowest BCUT2D eigenvalue weighted by Crippen LogP contribution is -2.21. The normalized spacial score (nSPS) is 12.2. The van der Waals surface area contributed by atoms with Crippen LogP contribution in [0, 0.1) is 0 Å². The van der Waals surface area contributed by atoms with E-state index in [0.29, 0.717) is 5.75 Å². The van der Waals surface area contributed by atoms with Crippen molar-refractivity contribution in [2.75, 3.05) is 7.11 Å². The van der Waals surface area contributed by atoms with E-state index >= 15 is 0 Å².